The van der Waals surface area contributed by atoms with Crippen molar-refractivity contribution in [2.75, 3.05) is 44.2 Å². The minimum absolute atomic E-state index is 0.0954. The van der Waals surface area contributed by atoms with E-state index < -0.39 is 10.0 Å². The van der Waals surface area contributed by atoms with E-state index in [1.807, 2.05) is 36.1 Å². The Kier molecular flexibility index (Phi) is 6.06. The Morgan fingerprint density at radius 1 is 0.900 bits per heavy atom. The summed E-state index contributed by atoms with van der Waals surface area (Å²) in [5.41, 5.74) is 2.16. The average Bonchev–Trinajstić information content (AvgIpc) is 2.80. The third-order valence-electron chi connectivity index (χ3n) is 6.08. The van der Waals surface area contributed by atoms with E-state index in [0.29, 0.717) is 43.9 Å². The van der Waals surface area contributed by atoms with Crippen LogP contribution < -0.4 is 4.90 Å². The summed E-state index contributed by atoms with van der Waals surface area (Å²) in [6.45, 7) is 5.72. The lowest BCUT2D eigenvalue weighted by Gasteiger charge is -2.39. The molecule has 1 aromatic carbocycles. The van der Waals surface area contributed by atoms with Gasteiger partial charge < -0.3 is 9.80 Å². The predicted octanol–water partition coefficient (Wildman–Crippen LogP) is 2.14. The fourth-order valence-electron chi connectivity index (χ4n) is 4.20. The number of benzene rings is 1. The zero-order valence-corrected chi connectivity index (χ0v) is 18.1. The number of anilines is 1. The number of carbonyl (C=O) groups excluding carboxylic acids is 1. The van der Waals surface area contributed by atoms with E-state index in [1.54, 1.807) is 24.5 Å². The number of piperazine rings is 1. The standard InChI is InChI=1S/C22H28N4O3S/c1-18-2-4-21(5-3-18)30(28,29)26-12-8-19(9-13-26)22(27)25-16-14-24(15-17-25)20-6-10-23-11-7-20/h2-7,10-11,19H,8-9,12-17H2,1H3. The van der Waals surface area contributed by atoms with Gasteiger partial charge in [-0.2, -0.15) is 4.31 Å². The summed E-state index contributed by atoms with van der Waals surface area (Å²) in [4.78, 5) is 21.6. The Morgan fingerprint density at radius 2 is 1.50 bits per heavy atom. The molecule has 8 heteroatoms. The van der Waals surface area contributed by atoms with Crippen LogP contribution in [0.2, 0.25) is 0 Å². The largest absolute Gasteiger partial charge is 0.368 e. The number of hydrogen-bond acceptors (Lipinski definition) is 5. The molecule has 0 N–H and O–H groups in total. The van der Waals surface area contributed by atoms with Crippen LogP contribution in [0.1, 0.15) is 18.4 Å². The van der Waals surface area contributed by atoms with Crippen LogP contribution in [0.5, 0.6) is 0 Å². The second-order valence-electron chi connectivity index (χ2n) is 8.01. The molecule has 2 aliphatic heterocycles. The minimum atomic E-state index is -3.49. The van der Waals surface area contributed by atoms with Crippen molar-refractivity contribution in [3.05, 3.63) is 54.4 Å². The van der Waals surface area contributed by atoms with Gasteiger partial charge in [0.25, 0.3) is 0 Å². The van der Waals surface area contributed by atoms with E-state index in [1.165, 1.54) is 4.31 Å². The van der Waals surface area contributed by atoms with Gasteiger partial charge in [0.1, 0.15) is 0 Å². The lowest BCUT2D eigenvalue weighted by Crippen LogP contribution is -2.52. The second-order valence-corrected chi connectivity index (χ2v) is 9.95. The molecule has 0 unspecified atom stereocenters. The number of nitrogens with zero attached hydrogens (tertiary/aromatic N) is 4. The van der Waals surface area contributed by atoms with Crippen LogP contribution >= 0.6 is 0 Å². The molecule has 160 valence electrons. The minimum Gasteiger partial charge on any atom is -0.368 e. The first kappa shape index (κ1) is 20.8. The molecule has 0 spiro atoms. The van der Waals surface area contributed by atoms with Crippen molar-refractivity contribution < 1.29 is 13.2 Å². The molecular formula is C22H28N4O3S. The average molecular weight is 429 g/mol. The normalized spacial score (nSPS) is 19.1. The van der Waals surface area contributed by atoms with Crippen molar-refractivity contribution in [3.63, 3.8) is 0 Å². The summed E-state index contributed by atoms with van der Waals surface area (Å²) >= 11 is 0. The van der Waals surface area contributed by atoms with E-state index in [0.717, 1.165) is 24.3 Å². The number of aryl methyl sites for hydroxylation is 1. The molecule has 7 nitrogen and oxygen atoms in total. The van der Waals surface area contributed by atoms with E-state index in [2.05, 4.69) is 9.88 Å². The Bertz CT molecular complexity index is 963. The number of rotatable bonds is 4. The zero-order valence-electron chi connectivity index (χ0n) is 17.3. The fourth-order valence-corrected chi connectivity index (χ4v) is 5.67. The van der Waals surface area contributed by atoms with Crippen LogP contribution in [-0.4, -0.2) is 67.8 Å². The quantitative estimate of drug-likeness (QED) is 0.746. The molecular weight excluding hydrogens is 400 g/mol. The summed E-state index contributed by atoms with van der Waals surface area (Å²) < 4.78 is 27.3. The highest BCUT2D eigenvalue weighted by Crippen LogP contribution is 2.26. The number of aromatic nitrogens is 1. The lowest BCUT2D eigenvalue weighted by atomic mass is 9.96. The van der Waals surface area contributed by atoms with E-state index in [-0.39, 0.29) is 11.8 Å². The monoisotopic (exact) mass is 428 g/mol. The van der Waals surface area contributed by atoms with Gasteiger partial charge in [-0.1, -0.05) is 17.7 Å². The first-order valence-corrected chi connectivity index (χ1v) is 11.9. The van der Waals surface area contributed by atoms with E-state index in [4.69, 9.17) is 0 Å². The number of sulfonamides is 1. The molecule has 2 aliphatic rings. The number of hydrogen-bond donors (Lipinski definition) is 0. The van der Waals surface area contributed by atoms with Crippen molar-refractivity contribution in [1.82, 2.24) is 14.2 Å². The molecule has 4 rings (SSSR count). The first-order chi connectivity index (χ1) is 14.4. The number of pyridine rings is 1. The molecule has 0 bridgehead atoms. The lowest BCUT2D eigenvalue weighted by molar-refractivity contribution is -0.137. The summed E-state index contributed by atoms with van der Waals surface area (Å²) in [5.74, 6) is 0.0682. The highest BCUT2D eigenvalue weighted by Gasteiger charge is 2.34. The maximum absolute atomic E-state index is 13.0. The van der Waals surface area contributed by atoms with Crippen LogP contribution in [0.15, 0.2) is 53.7 Å². The van der Waals surface area contributed by atoms with Gasteiger partial charge in [-0.15, -0.1) is 0 Å². The fraction of sp³-hybridized carbons (Fsp3) is 0.455. The molecule has 0 saturated carbocycles. The molecule has 3 heterocycles. The first-order valence-electron chi connectivity index (χ1n) is 10.5. The Morgan fingerprint density at radius 3 is 2.10 bits per heavy atom. The Hall–Kier alpha value is -2.45. The number of carbonyl (C=O) groups is 1. The van der Waals surface area contributed by atoms with E-state index >= 15 is 0 Å². The summed E-state index contributed by atoms with van der Waals surface area (Å²) in [5, 5.41) is 0. The third kappa shape index (κ3) is 4.34. The molecule has 1 aromatic heterocycles. The number of piperidine rings is 1. The third-order valence-corrected chi connectivity index (χ3v) is 7.99. The molecule has 0 radical (unpaired) electrons. The molecule has 0 aliphatic carbocycles. The molecule has 0 atom stereocenters. The van der Waals surface area contributed by atoms with Gasteiger partial charge in [-0.05, 0) is 44.0 Å². The van der Waals surface area contributed by atoms with Crippen LogP contribution in [0.3, 0.4) is 0 Å². The summed E-state index contributed by atoms with van der Waals surface area (Å²) in [6, 6.07) is 10.9. The van der Waals surface area contributed by atoms with Gasteiger partial charge in [-0.25, -0.2) is 8.42 Å². The topological polar surface area (TPSA) is 73.8 Å². The van der Waals surface area contributed by atoms with Crippen molar-refractivity contribution in [3.8, 4) is 0 Å². The van der Waals surface area contributed by atoms with Crippen LogP contribution in [-0.2, 0) is 14.8 Å². The maximum atomic E-state index is 13.0. The van der Waals surface area contributed by atoms with Gasteiger partial charge in [0.2, 0.25) is 15.9 Å². The van der Waals surface area contributed by atoms with Gasteiger partial charge in [-0.3, -0.25) is 9.78 Å². The molecule has 2 saturated heterocycles. The summed E-state index contributed by atoms with van der Waals surface area (Å²) in [7, 11) is -3.49. The Labute approximate surface area is 178 Å². The van der Waals surface area contributed by atoms with Gasteiger partial charge in [0, 0.05) is 63.3 Å². The van der Waals surface area contributed by atoms with Crippen LogP contribution in [0.4, 0.5) is 5.69 Å². The van der Waals surface area contributed by atoms with E-state index in [9.17, 15) is 13.2 Å². The zero-order chi connectivity index (χ0) is 21.1. The Balaban J connectivity index is 1.31. The van der Waals surface area contributed by atoms with Crippen LogP contribution in [0.25, 0.3) is 0 Å². The maximum Gasteiger partial charge on any atom is 0.243 e. The molecule has 1 amide bonds. The highest BCUT2D eigenvalue weighted by molar-refractivity contribution is 7.89. The van der Waals surface area contributed by atoms with Gasteiger partial charge in [0.15, 0.2) is 0 Å². The second kappa shape index (κ2) is 8.73. The smallest absolute Gasteiger partial charge is 0.243 e. The van der Waals surface area contributed by atoms with Crippen LogP contribution in [0, 0.1) is 12.8 Å². The molecule has 2 fully saturated rings. The van der Waals surface area contributed by atoms with Crippen molar-refractivity contribution >= 4 is 21.6 Å². The van der Waals surface area contributed by atoms with Crippen molar-refractivity contribution in [1.29, 1.82) is 0 Å². The predicted molar refractivity (Wildman–Crippen MR) is 116 cm³/mol. The number of amides is 1. The van der Waals surface area contributed by atoms with Crippen molar-refractivity contribution in [2.45, 2.75) is 24.7 Å². The highest BCUT2D eigenvalue weighted by atomic mass is 32.2. The van der Waals surface area contributed by atoms with Crippen molar-refractivity contribution in [2.24, 2.45) is 5.92 Å². The van der Waals surface area contributed by atoms with Gasteiger partial charge in [0.05, 0.1) is 4.90 Å². The summed E-state index contributed by atoms with van der Waals surface area (Å²) in [6.07, 6.45) is 4.72. The van der Waals surface area contributed by atoms with Gasteiger partial charge >= 0.3 is 0 Å². The SMILES string of the molecule is Cc1ccc(S(=O)(=O)N2CCC(C(=O)N3CCN(c4ccncc4)CC3)CC2)cc1. The molecule has 30 heavy (non-hydrogen) atoms. The molecule has 2 aromatic rings.